The summed E-state index contributed by atoms with van der Waals surface area (Å²) in [5.41, 5.74) is 5.35. The fourth-order valence-corrected chi connectivity index (χ4v) is 2.65. The lowest BCUT2D eigenvalue weighted by Crippen LogP contribution is -2.37. The Kier molecular flexibility index (Phi) is 8.60. The minimum Gasteiger partial charge on any atom is -0.490 e. The van der Waals surface area contributed by atoms with Crippen molar-refractivity contribution in [2.24, 2.45) is 11.7 Å². The summed E-state index contributed by atoms with van der Waals surface area (Å²) in [6.07, 6.45) is 3.86. The highest BCUT2D eigenvalue weighted by Gasteiger charge is 2.29. The molecule has 0 saturated carbocycles. The molecule has 4 heteroatoms. The second kappa shape index (κ2) is 10.2. The first-order valence-corrected chi connectivity index (χ1v) is 8.23. The van der Waals surface area contributed by atoms with E-state index in [9.17, 15) is 4.79 Å². The van der Waals surface area contributed by atoms with Gasteiger partial charge in [0.15, 0.2) is 0 Å². The number of nitrogens with two attached hydrogens (primary N) is 1. The van der Waals surface area contributed by atoms with Crippen LogP contribution in [0.5, 0.6) is 5.75 Å². The SMILES string of the molecule is CCCC[C@@H]([C@H](C)OC(=O)CN)[C@H](CC)Oc1ccccc1. The van der Waals surface area contributed by atoms with E-state index in [2.05, 4.69) is 13.8 Å². The zero-order valence-electron chi connectivity index (χ0n) is 14.0. The molecule has 0 aliphatic rings. The molecule has 0 heterocycles. The molecule has 0 spiro atoms. The van der Waals surface area contributed by atoms with Crippen LogP contribution in [-0.4, -0.2) is 24.7 Å². The molecule has 0 aliphatic heterocycles. The van der Waals surface area contributed by atoms with Crippen molar-refractivity contribution < 1.29 is 14.3 Å². The summed E-state index contributed by atoms with van der Waals surface area (Å²) < 4.78 is 11.6. The minimum atomic E-state index is -0.358. The quantitative estimate of drug-likeness (QED) is 0.672. The van der Waals surface area contributed by atoms with E-state index in [4.69, 9.17) is 15.2 Å². The molecule has 1 rings (SSSR count). The van der Waals surface area contributed by atoms with Gasteiger partial charge < -0.3 is 15.2 Å². The maximum Gasteiger partial charge on any atom is 0.319 e. The fourth-order valence-electron chi connectivity index (χ4n) is 2.65. The molecule has 0 bridgehead atoms. The van der Waals surface area contributed by atoms with E-state index >= 15 is 0 Å². The van der Waals surface area contributed by atoms with Gasteiger partial charge in [-0.1, -0.05) is 44.9 Å². The maximum atomic E-state index is 11.5. The van der Waals surface area contributed by atoms with Gasteiger partial charge in [-0.3, -0.25) is 4.79 Å². The maximum absolute atomic E-state index is 11.5. The van der Waals surface area contributed by atoms with Gasteiger partial charge in [0.25, 0.3) is 0 Å². The third kappa shape index (κ3) is 6.06. The Morgan fingerprint density at radius 1 is 1.23 bits per heavy atom. The average Bonchev–Trinajstić information content (AvgIpc) is 2.54. The Hall–Kier alpha value is -1.55. The Morgan fingerprint density at radius 2 is 1.91 bits per heavy atom. The molecular formula is C18H29NO3. The van der Waals surface area contributed by atoms with Gasteiger partial charge in [0.2, 0.25) is 0 Å². The summed E-state index contributed by atoms with van der Waals surface area (Å²) in [6, 6.07) is 9.79. The highest BCUT2D eigenvalue weighted by molar-refractivity contribution is 5.71. The number of ether oxygens (including phenoxy) is 2. The summed E-state index contributed by atoms with van der Waals surface area (Å²) in [7, 11) is 0. The van der Waals surface area contributed by atoms with Crippen LogP contribution in [0.4, 0.5) is 0 Å². The first kappa shape index (κ1) is 18.5. The number of carbonyl (C=O) groups is 1. The average molecular weight is 307 g/mol. The fraction of sp³-hybridized carbons (Fsp3) is 0.611. The van der Waals surface area contributed by atoms with Gasteiger partial charge in [-0.15, -0.1) is 0 Å². The molecule has 0 fully saturated rings. The number of unbranched alkanes of at least 4 members (excludes halogenated alkanes) is 1. The summed E-state index contributed by atoms with van der Waals surface area (Å²) >= 11 is 0. The van der Waals surface area contributed by atoms with Crippen molar-refractivity contribution >= 4 is 5.97 Å². The third-order valence-electron chi connectivity index (χ3n) is 3.89. The minimum absolute atomic E-state index is 0.0227. The monoisotopic (exact) mass is 307 g/mol. The number of rotatable bonds is 10. The molecule has 2 N–H and O–H groups in total. The van der Waals surface area contributed by atoms with Crippen molar-refractivity contribution in [2.45, 2.75) is 58.7 Å². The summed E-state index contributed by atoms with van der Waals surface area (Å²) in [4.78, 5) is 11.5. The molecule has 4 nitrogen and oxygen atoms in total. The molecule has 0 amide bonds. The standard InChI is InChI=1S/C18H29NO3/c1-4-6-12-16(14(3)21-18(20)13-19)17(5-2)22-15-10-8-7-9-11-15/h7-11,14,16-17H,4-6,12-13,19H2,1-3H3/t14-,16-,17-/m0/s1. The summed E-state index contributed by atoms with van der Waals surface area (Å²) in [5.74, 6) is 0.664. The molecular weight excluding hydrogens is 278 g/mol. The van der Waals surface area contributed by atoms with Gasteiger partial charge in [0.1, 0.15) is 18.0 Å². The van der Waals surface area contributed by atoms with E-state index in [1.165, 1.54) is 0 Å². The topological polar surface area (TPSA) is 61.5 Å². The Bertz CT molecular complexity index is 422. The van der Waals surface area contributed by atoms with Gasteiger partial charge in [0, 0.05) is 5.92 Å². The van der Waals surface area contributed by atoms with Crippen molar-refractivity contribution in [3.63, 3.8) is 0 Å². The number of hydrogen-bond acceptors (Lipinski definition) is 4. The van der Waals surface area contributed by atoms with E-state index < -0.39 is 0 Å². The number of carbonyl (C=O) groups excluding carboxylic acids is 1. The Morgan fingerprint density at radius 3 is 2.45 bits per heavy atom. The lowest BCUT2D eigenvalue weighted by molar-refractivity contribution is -0.151. The van der Waals surface area contributed by atoms with E-state index in [0.29, 0.717) is 0 Å². The van der Waals surface area contributed by atoms with Crippen LogP contribution in [0.3, 0.4) is 0 Å². The predicted octanol–water partition coefficient (Wildman–Crippen LogP) is 3.54. The molecule has 124 valence electrons. The van der Waals surface area contributed by atoms with Gasteiger partial charge >= 0.3 is 5.97 Å². The molecule has 0 saturated heterocycles. The van der Waals surface area contributed by atoms with E-state index in [0.717, 1.165) is 31.4 Å². The first-order chi connectivity index (χ1) is 10.6. The van der Waals surface area contributed by atoms with Crippen LogP contribution < -0.4 is 10.5 Å². The summed E-state index contributed by atoms with van der Waals surface area (Å²) in [5, 5.41) is 0. The lowest BCUT2D eigenvalue weighted by atomic mass is 9.89. The zero-order valence-corrected chi connectivity index (χ0v) is 14.0. The van der Waals surface area contributed by atoms with Crippen molar-refractivity contribution in [2.75, 3.05) is 6.54 Å². The van der Waals surface area contributed by atoms with Crippen molar-refractivity contribution in [1.82, 2.24) is 0 Å². The molecule has 0 aliphatic carbocycles. The van der Waals surface area contributed by atoms with E-state index in [1.54, 1.807) is 0 Å². The lowest BCUT2D eigenvalue weighted by Gasteiger charge is -2.31. The summed E-state index contributed by atoms with van der Waals surface area (Å²) in [6.45, 7) is 6.11. The van der Waals surface area contributed by atoms with Gasteiger partial charge in [-0.05, 0) is 31.9 Å². The molecule has 0 unspecified atom stereocenters. The van der Waals surface area contributed by atoms with Crippen LogP contribution in [0.2, 0.25) is 0 Å². The molecule has 1 aromatic carbocycles. The van der Waals surface area contributed by atoms with Crippen molar-refractivity contribution in [1.29, 1.82) is 0 Å². The molecule has 22 heavy (non-hydrogen) atoms. The highest BCUT2D eigenvalue weighted by Crippen LogP contribution is 2.26. The number of para-hydroxylation sites is 1. The highest BCUT2D eigenvalue weighted by atomic mass is 16.5. The first-order valence-electron chi connectivity index (χ1n) is 8.23. The van der Waals surface area contributed by atoms with Crippen molar-refractivity contribution in [3.8, 4) is 5.75 Å². The van der Waals surface area contributed by atoms with E-state index in [-0.39, 0.29) is 30.6 Å². The predicted molar refractivity (Wildman–Crippen MR) is 88.8 cm³/mol. The number of benzene rings is 1. The second-order valence-electron chi connectivity index (χ2n) is 5.58. The van der Waals surface area contributed by atoms with Crippen LogP contribution in [0, 0.1) is 5.92 Å². The molecule has 0 aromatic heterocycles. The zero-order chi connectivity index (χ0) is 16.4. The van der Waals surface area contributed by atoms with Crippen LogP contribution in [0.1, 0.15) is 46.5 Å². The smallest absolute Gasteiger partial charge is 0.319 e. The van der Waals surface area contributed by atoms with Crippen LogP contribution in [0.25, 0.3) is 0 Å². The largest absolute Gasteiger partial charge is 0.490 e. The number of esters is 1. The van der Waals surface area contributed by atoms with E-state index in [1.807, 2.05) is 37.3 Å². The number of hydrogen-bond donors (Lipinski definition) is 1. The van der Waals surface area contributed by atoms with Gasteiger partial charge in [-0.2, -0.15) is 0 Å². The Labute approximate surface area is 134 Å². The molecule has 0 radical (unpaired) electrons. The molecule has 1 aromatic rings. The normalized spacial score (nSPS) is 14.9. The van der Waals surface area contributed by atoms with Crippen molar-refractivity contribution in [3.05, 3.63) is 30.3 Å². The Balaban J connectivity index is 2.79. The van der Waals surface area contributed by atoms with Crippen LogP contribution >= 0.6 is 0 Å². The second-order valence-corrected chi connectivity index (χ2v) is 5.58. The van der Waals surface area contributed by atoms with Crippen LogP contribution in [-0.2, 0) is 9.53 Å². The third-order valence-corrected chi connectivity index (χ3v) is 3.89. The molecule has 3 atom stereocenters. The van der Waals surface area contributed by atoms with Gasteiger partial charge in [0.05, 0.1) is 6.54 Å². The van der Waals surface area contributed by atoms with Gasteiger partial charge in [-0.25, -0.2) is 0 Å². The van der Waals surface area contributed by atoms with Crippen LogP contribution in [0.15, 0.2) is 30.3 Å².